The zero-order chi connectivity index (χ0) is 42.8. The van der Waals surface area contributed by atoms with Gasteiger partial charge < -0.3 is 20.1 Å². The third-order valence-electron chi connectivity index (χ3n) is 11.1. The lowest BCUT2D eigenvalue weighted by Gasteiger charge is -2.42. The highest BCUT2D eigenvalue weighted by atomic mass is 16.5. The minimum absolute atomic E-state index is 0.236. The van der Waals surface area contributed by atoms with Crippen molar-refractivity contribution in [2.75, 3.05) is 36.9 Å². The third-order valence-corrected chi connectivity index (χ3v) is 11.1. The summed E-state index contributed by atoms with van der Waals surface area (Å²) in [5, 5.41) is 21.7. The molecule has 1 spiro atoms. The van der Waals surface area contributed by atoms with Crippen molar-refractivity contribution in [1.29, 1.82) is 5.26 Å². The van der Waals surface area contributed by atoms with Crippen molar-refractivity contribution in [1.82, 2.24) is 14.9 Å². The van der Waals surface area contributed by atoms with Gasteiger partial charge in [0.2, 0.25) is 0 Å². The van der Waals surface area contributed by atoms with Gasteiger partial charge in [0.1, 0.15) is 28.3 Å². The van der Waals surface area contributed by atoms with Crippen LogP contribution < -0.4 is 20.1 Å². The molecule has 2 N–H and O–H groups in total. The van der Waals surface area contributed by atoms with Crippen molar-refractivity contribution in [2.24, 2.45) is 5.10 Å². The molecular weight excluding hydrogens is 767 g/mol. The minimum atomic E-state index is -1.15. The Hall–Kier alpha value is -7.52. The number of carbonyl (C=O) groups is 3. The lowest BCUT2D eigenvalue weighted by atomic mass is 9.74. The number of aryl methyl sites for hydroxylation is 2. The molecule has 3 amide bonds. The van der Waals surface area contributed by atoms with Crippen molar-refractivity contribution in [3.8, 4) is 23.3 Å². The number of hydrazone groups is 1. The highest BCUT2D eigenvalue weighted by Gasteiger charge is 2.57. The van der Waals surface area contributed by atoms with Crippen LogP contribution >= 0.6 is 0 Å². The van der Waals surface area contributed by atoms with Crippen LogP contribution in [0.1, 0.15) is 91.8 Å². The number of amides is 3. The van der Waals surface area contributed by atoms with E-state index in [0.29, 0.717) is 51.6 Å². The zero-order valence-electron chi connectivity index (χ0n) is 34.7. The van der Waals surface area contributed by atoms with Crippen LogP contribution in [0, 0.1) is 25.2 Å². The zero-order valence-corrected chi connectivity index (χ0v) is 34.7. The second kappa shape index (κ2) is 16.6. The van der Waals surface area contributed by atoms with Crippen LogP contribution in [-0.4, -0.2) is 65.1 Å². The van der Waals surface area contributed by atoms with Crippen LogP contribution in [0.5, 0.6) is 17.2 Å². The normalized spacial score (nSPS) is 14.2. The molecule has 0 fully saturated rings. The number of pyridine rings is 1. The van der Waals surface area contributed by atoms with Crippen LogP contribution in [0.2, 0.25) is 0 Å². The first-order valence-corrected chi connectivity index (χ1v) is 20.4. The summed E-state index contributed by atoms with van der Waals surface area (Å²) in [6.45, 7) is 11.6. The number of aromatic nitrogens is 1. The Kier molecular flexibility index (Phi) is 11.0. The van der Waals surface area contributed by atoms with Gasteiger partial charge in [0.05, 0.1) is 35.7 Å². The minimum Gasteiger partial charge on any atom is -0.491 e. The predicted octanol–water partition coefficient (Wildman–Crippen LogP) is 9.20. The molecule has 5 aromatic carbocycles. The maximum atomic E-state index is 14.7. The first-order valence-electron chi connectivity index (χ1n) is 20.4. The van der Waals surface area contributed by atoms with Crippen LogP contribution in [0.4, 0.5) is 11.4 Å². The van der Waals surface area contributed by atoms with Crippen molar-refractivity contribution in [2.45, 2.75) is 46.6 Å². The maximum absolute atomic E-state index is 14.7. The summed E-state index contributed by atoms with van der Waals surface area (Å²) >= 11 is 0. The van der Waals surface area contributed by atoms with Crippen LogP contribution in [0.25, 0.3) is 10.9 Å². The summed E-state index contributed by atoms with van der Waals surface area (Å²) in [6, 6.07) is 34.1. The van der Waals surface area contributed by atoms with Crippen molar-refractivity contribution < 1.29 is 23.9 Å². The van der Waals surface area contributed by atoms with Crippen LogP contribution in [-0.2, 0) is 5.54 Å². The molecular formula is C49H45N7O5. The summed E-state index contributed by atoms with van der Waals surface area (Å²) in [7, 11) is 0. The van der Waals surface area contributed by atoms with Gasteiger partial charge in [-0.25, -0.2) is 9.99 Å². The van der Waals surface area contributed by atoms with E-state index in [-0.39, 0.29) is 30.9 Å². The lowest BCUT2D eigenvalue weighted by Crippen LogP contribution is -2.44. The first kappa shape index (κ1) is 40.3. The number of ether oxygens (including phenoxy) is 2. The van der Waals surface area contributed by atoms with E-state index in [1.54, 1.807) is 41.6 Å². The van der Waals surface area contributed by atoms with Gasteiger partial charge in [-0.05, 0) is 87.7 Å². The molecule has 0 unspecified atom stereocenters. The molecule has 0 bridgehead atoms. The molecule has 3 aliphatic rings. The first-order chi connectivity index (χ1) is 29.7. The van der Waals surface area contributed by atoms with E-state index in [9.17, 15) is 14.4 Å². The van der Waals surface area contributed by atoms with E-state index < -0.39 is 5.54 Å². The van der Waals surface area contributed by atoms with Crippen LogP contribution in [0.15, 0.2) is 108 Å². The van der Waals surface area contributed by atoms with E-state index in [2.05, 4.69) is 50.5 Å². The Morgan fingerprint density at radius 2 is 1.36 bits per heavy atom. The Bertz CT molecular complexity index is 2710. The van der Waals surface area contributed by atoms with E-state index in [4.69, 9.17) is 24.8 Å². The number of nitrogens with one attached hydrogen (secondary N) is 2. The molecule has 1 aromatic heterocycles. The average Bonchev–Trinajstić information content (AvgIpc) is 3.66. The standard InChI is InChI=1S/C47H42N6O5.C2H3N/c1-5-48-38-25-41-36(23-28(38)3)47(37-24-29(4)39(49-6-2)26-42(37)58-41)35-17-10-9-16-34(35)46(56)53(47)50-27-31-20-19-30-13-11-18-40(43(30)51-31)57-22-12-21-52-44(54)32-14-7-8-15-33(32)45(52)55;1-2-3/h7-11,13-20,23-27,48-49H,5-6,12,21-22H2,1-4H3;1H3/b50-27+;. The van der Waals surface area contributed by atoms with Gasteiger partial charge in [0, 0.05) is 77.7 Å². The molecule has 0 saturated carbocycles. The monoisotopic (exact) mass is 811 g/mol. The fraction of sp³-hybridized carbons (Fsp3) is 0.224. The Labute approximate surface area is 354 Å². The number of nitriles is 1. The van der Waals surface area contributed by atoms with Gasteiger partial charge in [-0.15, -0.1) is 0 Å². The number of benzene rings is 5. The molecule has 61 heavy (non-hydrogen) atoms. The number of hydrogen-bond donors (Lipinski definition) is 2. The van der Waals surface area contributed by atoms with E-state index in [1.165, 1.54) is 11.8 Å². The number of para-hydroxylation sites is 1. The fourth-order valence-corrected chi connectivity index (χ4v) is 8.45. The summed E-state index contributed by atoms with van der Waals surface area (Å²) in [5.74, 6) is 1.02. The molecule has 0 aliphatic carbocycles. The van der Waals surface area contributed by atoms with Crippen molar-refractivity contribution >= 4 is 46.2 Å². The van der Waals surface area contributed by atoms with Gasteiger partial charge in [-0.3, -0.25) is 19.3 Å². The van der Waals surface area contributed by atoms with Crippen molar-refractivity contribution in [3.05, 3.63) is 153 Å². The molecule has 4 heterocycles. The van der Waals surface area contributed by atoms with E-state index in [1.807, 2.05) is 66.7 Å². The number of fused-ring (bicyclic) bond motifs is 8. The molecule has 9 rings (SSSR count). The average molecular weight is 812 g/mol. The molecule has 0 saturated heterocycles. The highest BCUT2D eigenvalue weighted by molar-refractivity contribution is 6.21. The predicted molar refractivity (Wildman–Crippen MR) is 236 cm³/mol. The number of hydrogen-bond acceptors (Lipinski definition) is 10. The van der Waals surface area contributed by atoms with Gasteiger partial charge in [-0.1, -0.05) is 48.5 Å². The Morgan fingerprint density at radius 3 is 1.97 bits per heavy atom. The molecule has 306 valence electrons. The molecule has 0 radical (unpaired) electrons. The highest BCUT2D eigenvalue weighted by Crippen LogP contribution is 2.59. The van der Waals surface area contributed by atoms with E-state index >= 15 is 0 Å². The quantitative estimate of drug-likeness (QED) is 0.0742. The third kappa shape index (κ3) is 6.87. The maximum Gasteiger partial charge on any atom is 0.275 e. The molecule has 12 nitrogen and oxygen atoms in total. The molecule has 6 aromatic rings. The summed E-state index contributed by atoms with van der Waals surface area (Å²) in [5.41, 5.74) is 7.80. The Morgan fingerprint density at radius 1 is 0.770 bits per heavy atom. The van der Waals surface area contributed by atoms with Gasteiger partial charge in [0.25, 0.3) is 17.7 Å². The summed E-state index contributed by atoms with van der Waals surface area (Å²) in [6.07, 6.45) is 2.07. The largest absolute Gasteiger partial charge is 0.491 e. The van der Waals surface area contributed by atoms with Crippen molar-refractivity contribution in [3.63, 3.8) is 0 Å². The number of carbonyl (C=O) groups excluding carboxylic acids is 3. The molecule has 3 aliphatic heterocycles. The van der Waals surface area contributed by atoms with Gasteiger partial charge >= 0.3 is 0 Å². The number of rotatable bonds is 11. The topological polar surface area (TPSA) is 149 Å². The summed E-state index contributed by atoms with van der Waals surface area (Å²) < 4.78 is 13.0. The lowest BCUT2D eigenvalue weighted by molar-refractivity contribution is 0.0643. The number of nitrogens with zero attached hydrogens (tertiary/aromatic N) is 5. The molecule has 0 atom stereocenters. The van der Waals surface area contributed by atoms with E-state index in [0.717, 1.165) is 57.7 Å². The Balaban J connectivity index is 0.00000166. The smallest absolute Gasteiger partial charge is 0.275 e. The summed E-state index contributed by atoms with van der Waals surface area (Å²) in [4.78, 5) is 46.6. The number of anilines is 2. The number of imide groups is 1. The fourth-order valence-electron chi connectivity index (χ4n) is 8.45. The van der Waals surface area contributed by atoms with Gasteiger partial charge in [-0.2, -0.15) is 10.4 Å². The van der Waals surface area contributed by atoms with Crippen LogP contribution in [0.3, 0.4) is 0 Å². The molecule has 12 heteroatoms. The SMILES string of the molecule is CC#N.CCNc1cc2c(cc1C)C1(c3cc(C)c(NCC)cc3O2)c2ccccc2C(=O)N1/N=C/c1ccc2cccc(OCCCN3C(=O)c4ccccc4C3=O)c2n1. The van der Waals surface area contributed by atoms with Gasteiger partial charge in [0.15, 0.2) is 0 Å². The second-order valence-electron chi connectivity index (χ2n) is 14.9. The second-order valence-corrected chi connectivity index (χ2v) is 14.9.